The van der Waals surface area contributed by atoms with Crippen molar-refractivity contribution in [3.05, 3.63) is 40.3 Å². The van der Waals surface area contributed by atoms with Crippen LogP contribution >= 0.6 is 0 Å². The number of hydrogen-bond acceptors (Lipinski definition) is 5. The molecule has 3 rings (SSSR count). The van der Waals surface area contributed by atoms with Crippen LogP contribution in [0.3, 0.4) is 0 Å². The molecule has 0 N–H and O–H groups in total. The number of carbonyl (C=O) groups is 1. The van der Waals surface area contributed by atoms with Crippen molar-refractivity contribution in [1.29, 1.82) is 0 Å². The highest BCUT2D eigenvalue weighted by molar-refractivity contribution is 5.80. The lowest BCUT2D eigenvalue weighted by molar-refractivity contribution is -0.158. The van der Waals surface area contributed by atoms with Crippen molar-refractivity contribution < 1.29 is 14.3 Å². The lowest BCUT2D eigenvalue weighted by atomic mass is 9.51. The number of ether oxygens (including phenoxy) is 2. The summed E-state index contributed by atoms with van der Waals surface area (Å²) < 4.78 is 10.5. The standard InChI is InChI=1S/C19H23NO4/c1-18-8-5-9-19(2,17(21)24-4)16(18)11-15(20-22)13-7-6-12(23-3)10-14(13)18/h6-7,10-11,16H,5,8-9H2,1-4H3/t16?,18-,19+/m1/s1. The Balaban J connectivity index is 2.24. The van der Waals surface area contributed by atoms with E-state index in [0.717, 1.165) is 36.1 Å². The van der Waals surface area contributed by atoms with Gasteiger partial charge in [-0.2, -0.15) is 0 Å². The van der Waals surface area contributed by atoms with Gasteiger partial charge in [0.2, 0.25) is 0 Å². The molecular formula is C19H23NO4. The number of allylic oxidation sites excluding steroid dienone is 1. The number of benzene rings is 1. The third-order valence-corrected chi connectivity index (χ3v) is 5.96. The van der Waals surface area contributed by atoms with E-state index in [0.29, 0.717) is 5.70 Å². The maximum absolute atomic E-state index is 12.5. The zero-order valence-electron chi connectivity index (χ0n) is 14.6. The van der Waals surface area contributed by atoms with Gasteiger partial charge >= 0.3 is 5.97 Å². The number of esters is 1. The van der Waals surface area contributed by atoms with E-state index in [9.17, 15) is 9.70 Å². The number of methoxy groups -OCH3 is 2. The molecule has 128 valence electrons. The van der Waals surface area contributed by atoms with Crippen molar-refractivity contribution in [1.82, 2.24) is 0 Å². The third kappa shape index (κ3) is 2.18. The molecule has 1 aromatic rings. The van der Waals surface area contributed by atoms with Gasteiger partial charge in [0, 0.05) is 16.9 Å². The molecule has 0 aliphatic heterocycles. The number of rotatable bonds is 3. The van der Waals surface area contributed by atoms with Gasteiger partial charge in [-0.3, -0.25) is 4.79 Å². The first-order valence-electron chi connectivity index (χ1n) is 8.23. The van der Waals surface area contributed by atoms with Crippen molar-refractivity contribution >= 4 is 11.7 Å². The summed E-state index contributed by atoms with van der Waals surface area (Å²) in [5.74, 6) is 0.371. The van der Waals surface area contributed by atoms with Crippen LogP contribution in [0.25, 0.3) is 5.70 Å². The zero-order chi connectivity index (χ0) is 17.5. The van der Waals surface area contributed by atoms with Crippen LogP contribution in [0.15, 0.2) is 29.5 Å². The lowest BCUT2D eigenvalue weighted by Gasteiger charge is -2.52. The average molecular weight is 329 g/mol. The summed E-state index contributed by atoms with van der Waals surface area (Å²) in [5, 5.41) is 3.24. The van der Waals surface area contributed by atoms with E-state index in [-0.39, 0.29) is 17.3 Å². The molecule has 0 heterocycles. The van der Waals surface area contributed by atoms with Gasteiger partial charge in [-0.1, -0.05) is 13.3 Å². The second kappa shape index (κ2) is 5.72. The summed E-state index contributed by atoms with van der Waals surface area (Å²) in [6.45, 7) is 4.10. The van der Waals surface area contributed by atoms with Gasteiger partial charge in [-0.05, 0) is 54.8 Å². The van der Waals surface area contributed by atoms with Gasteiger partial charge in [-0.15, -0.1) is 4.91 Å². The normalized spacial score (nSPS) is 31.3. The first-order valence-corrected chi connectivity index (χ1v) is 8.23. The molecule has 0 aromatic heterocycles. The molecule has 3 atom stereocenters. The first-order chi connectivity index (χ1) is 11.4. The molecule has 5 heteroatoms. The SMILES string of the molecule is COC(=O)[C@@]1(C)CCC[C@]2(C)c3cc(OC)ccc3C(N=O)=CC12. The number of fused-ring (bicyclic) bond motifs is 3. The molecule has 0 amide bonds. The monoisotopic (exact) mass is 329 g/mol. The Labute approximate surface area is 142 Å². The van der Waals surface area contributed by atoms with E-state index in [2.05, 4.69) is 12.1 Å². The Morgan fingerprint density at radius 2 is 2.00 bits per heavy atom. The fourth-order valence-electron chi connectivity index (χ4n) is 4.64. The summed E-state index contributed by atoms with van der Waals surface area (Å²) in [7, 11) is 3.04. The maximum atomic E-state index is 12.5. The van der Waals surface area contributed by atoms with Crippen molar-refractivity contribution in [2.45, 2.75) is 38.5 Å². The second-order valence-corrected chi connectivity index (χ2v) is 7.21. The quantitative estimate of drug-likeness (QED) is 0.620. The van der Waals surface area contributed by atoms with Crippen molar-refractivity contribution in [3.8, 4) is 5.75 Å². The summed E-state index contributed by atoms with van der Waals surface area (Å²) >= 11 is 0. The molecule has 1 fully saturated rings. The van der Waals surface area contributed by atoms with Crippen LogP contribution < -0.4 is 4.74 Å². The van der Waals surface area contributed by atoms with Crippen LogP contribution in [0.5, 0.6) is 5.75 Å². The molecule has 5 nitrogen and oxygen atoms in total. The van der Waals surface area contributed by atoms with Crippen LogP contribution in [-0.4, -0.2) is 20.2 Å². The van der Waals surface area contributed by atoms with Gasteiger partial charge < -0.3 is 9.47 Å². The van der Waals surface area contributed by atoms with E-state index in [1.54, 1.807) is 7.11 Å². The van der Waals surface area contributed by atoms with Gasteiger partial charge in [0.05, 0.1) is 19.6 Å². The number of nitrogens with zero attached hydrogens (tertiary/aromatic N) is 1. The average Bonchev–Trinajstić information content (AvgIpc) is 2.60. The largest absolute Gasteiger partial charge is 0.497 e. The highest BCUT2D eigenvalue weighted by atomic mass is 16.5. The Bertz CT molecular complexity index is 726. The van der Waals surface area contributed by atoms with E-state index in [4.69, 9.17) is 9.47 Å². The minimum atomic E-state index is -0.668. The second-order valence-electron chi connectivity index (χ2n) is 7.21. The molecule has 0 spiro atoms. The van der Waals surface area contributed by atoms with Gasteiger partial charge in [0.25, 0.3) is 0 Å². The highest BCUT2D eigenvalue weighted by Crippen LogP contribution is 2.58. The van der Waals surface area contributed by atoms with Crippen LogP contribution in [0.2, 0.25) is 0 Å². The predicted molar refractivity (Wildman–Crippen MR) is 91.6 cm³/mol. The Morgan fingerprint density at radius 1 is 1.25 bits per heavy atom. The molecule has 0 radical (unpaired) electrons. The molecule has 1 saturated carbocycles. The lowest BCUT2D eigenvalue weighted by Crippen LogP contribution is -2.51. The van der Waals surface area contributed by atoms with Crippen molar-refractivity contribution in [2.75, 3.05) is 14.2 Å². The molecule has 2 aliphatic rings. The molecule has 2 aliphatic carbocycles. The summed E-state index contributed by atoms with van der Waals surface area (Å²) in [4.78, 5) is 24.0. The Hall–Kier alpha value is -2.17. The minimum absolute atomic E-state index is 0.140. The molecule has 0 bridgehead atoms. The third-order valence-electron chi connectivity index (χ3n) is 5.96. The van der Waals surface area contributed by atoms with Crippen LogP contribution in [-0.2, 0) is 14.9 Å². The summed E-state index contributed by atoms with van der Waals surface area (Å²) in [5.41, 5.74) is 1.32. The van der Waals surface area contributed by atoms with Crippen LogP contribution in [0, 0.1) is 16.2 Å². The van der Waals surface area contributed by atoms with Crippen LogP contribution in [0.4, 0.5) is 0 Å². The highest BCUT2D eigenvalue weighted by Gasteiger charge is 2.55. The summed E-state index contributed by atoms with van der Waals surface area (Å²) in [6, 6.07) is 5.69. The number of carbonyl (C=O) groups excluding carboxylic acids is 1. The molecule has 24 heavy (non-hydrogen) atoms. The van der Waals surface area contributed by atoms with Crippen molar-refractivity contribution in [2.24, 2.45) is 16.5 Å². The fraction of sp³-hybridized carbons (Fsp3) is 0.526. The van der Waals surface area contributed by atoms with Gasteiger partial charge in [0.15, 0.2) is 0 Å². The Morgan fingerprint density at radius 3 is 2.62 bits per heavy atom. The van der Waals surface area contributed by atoms with E-state index >= 15 is 0 Å². The smallest absolute Gasteiger partial charge is 0.312 e. The van der Waals surface area contributed by atoms with E-state index < -0.39 is 5.41 Å². The van der Waals surface area contributed by atoms with E-state index in [1.807, 2.05) is 31.2 Å². The zero-order valence-corrected chi connectivity index (χ0v) is 14.6. The molecule has 0 saturated heterocycles. The minimum Gasteiger partial charge on any atom is -0.497 e. The van der Waals surface area contributed by atoms with Gasteiger partial charge in [0.1, 0.15) is 11.4 Å². The van der Waals surface area contributed by atoms with Crippen molar-refractivity contribution in [3.63, 3.8) is 0 Å². The first kappa shape index (κ1) is 16.7. The molecule has 1 unspecified atom stereocenters. The topological polar surface area (TPSA) is 65.0 Å². The Kier molecular flexibility index (Phi) is 3.98. The molecular weight excluding hydrogens is 306 g/mol. The molecule has 1 aromatic carbocycles. The van der Waals surface area contributed by atoms with Gasteiger partial charge in [-0.25, -0.2) is 0 Å². The van der Waals surface area contributed by atoms with E-state index in [1.165, 1.54) is 7.11 Å². The number of nitroso groups, excluding NO2 is 1. The van der Waals surface area contributed by atoms with Crippen LogP contribution in [0.1, 0.15) is 44.2 Å². The maximum Gasteiger partial charge on any atom is 0.312 e. The predicted octanol–water partition coefficient (Wildman–Crippen LogP) is 4.05. The summed E-state index contributed by atoms with van der Waals surface area (Å²) in [6.07, 6.45) is 4.47. The fourth-order valence-corrected chi connectivity index (χ4v) is 4.64. The number of hydrogen-bond donors (Lipinski definition) is 0.